The fourth-order valence-corrected chi connectivity index (χ4v) is 2.68. The normalized spacial score (nSPS) is 11.0. The van der Waals surface area contributed by atoms with E-state index in [2.05, 4.69) is 10.9 Å². The molecule has 0 bridgehead atoms. The number of fused-ring (bicyclic) bond motifs is 1. The molecular weight excluding hydrogens is 352 g/mol. The summed E-state index contributed by atoms with van der Waals surface area (Å²) in [5, 5.41) is 1.49. The molecule has 132 valence electrons. The average Bonchev–Trinajstić information content (AvgIpc) is 2.98. The van der Waals surface area contributed by atoms with Crippen molar-refractivity contribution in [2.75, 3.05) is 0 Å². The second-order valence-corrected chi connectivity index (χ2v) is 6.24. The molecule has 0 spiro atoms. The van der Waals surface area contributed by atoms with E-state index in [1.807, 2.05) is 37.3 Å². The van der Waals surface area contributed by atoms with E-state index in [0.29, 0.717) is 10.6 Å². The third-order valence-corrected chi connectivity index (χ3v) is 4.38. The lowest BCUT2D eigenvalue weighted by Crippen LogP contribution is -2.40. The molecule has 6 heteroatoms. The Bertz CT molecular complexity index is 1020. The van der Waals surface area contributed by atoms with Crippen LogP contribution in [0.2, 0.25) is 5.02 Å². The minimum Gasteiger partial charge on any atom is -0.451 e. The number of amides is 2. The van der Waals surface area contributed by atoms with Crippen LogP contribution < -0.4 is 10.9 Å². The lowest BCUT2D eigenvalue weighted by Gasteiger charge is -2.04. The molecule has 0 unspecified atom stereocenters. The van der Waals surface area contributed by atoms with Gasteiger partial charge >= 0.3 is 5.91 Å². The van der Waals surface area contributed by atoms with Gasteiger partial charge in [-0.1, -0.05) is 41.9 Å². The summed E-state index contributed by atoms with van der Waals surface area (Å²) in [7, 11) is 0. The molecule has 5 nitrogen and oxygen atoms in total. The van der Waals surface area contributed by atoms with Crippen LogP contribution in [0.3, 0.4) is 0 Å². The second kappa shape index (κ2) is 7.45. The summed E-state index contributed by atoms with van der Waals surface area (Å²) in [6.45, 7) is 3.70. The van der Waals surface area contributed by atoms with Crippen molar-refractivity contribution in [3.63, 3.8) is 0 Å². The first kappa shape index (κ1) is 17.8. The lowest BCUT2D eigenvalue weighted by molar-refractivity contribution is -0.117. The SMILES string of the molecule is Cc1ccc(/C=C/C(=O)NNC(=O)c2oc3ccccc3c2C)cc1Cl. The van der Waals surface area contributed by atoms with Gasteiger partial charge in [0.2, 0.25) is 0 Å². The van der Waals surface area contributed by atoms with Crippen LogP contribution >= 0.6 is 11.6 Å². The Kier molecular flexibility index (Phi) is 5.09. The lowest BCUT2D eigenvalue weighted by atomic mass is 10.1. The zero-order chi connectivity index (χ0) is 18.7. The number of halogens is 1. The zero-order valence-corrected chi connectivity index (χ0v) is 15.1. The summed E-state index contributed by atoms with van der Waals surface area (Å²) in [6, 6.07) is 12.8. The predicted octanol–water partition coefficient (Wildman–Crippen LogP) is 4.18. The van der Waals surface area contributed by atoms with Gasteiger partial charge in [0.15, 0.2) is 5.76 Å². The van der Waals surface area contributed by atoms with Crippen LogP contribution in [-0.4, -0.2) is 11.8 Å². The average molecular weight is 369 g/mol. The first-order valence-corrected chi connectivity index (χ1v) is 8.36. The molecule has 1 aromatic heterocycles. The Balaban J connectivity index is 1.63. The van der Waals surface area contributed by atoms with E-state index in [1.54, 1.807) is 25.1 Å². The Labute approximate surface area is 155 Å². The molecule has 0 aliphatic rings. The number of hydrazine groups is 1. The van der Waals surface area contributed by atoms with Crippen LogP contribution in [0, 0.1) is 13.8 Å². The number of rotatable bonds is 3. The van der Waals surface area contributed by atoms with Gasteiger partial charge in [-0.15, -0.1) is 0 Å². The highest BCUT2D eigenvalue weighted by Crippen LogP contribution is 2.24. The number of hydrogen-bond acceptors (Lipinski definition) is 3. The number of benzene rings is 2. The molecule has 2 aromatic carbocycles. The third kappa shape index (κ3) is 3.78. The van der Waals surface area contributed by atoms with Gasteiger partial charge in [-0.2, -0.15) is 0 Å². The molecular formula is C20H17ClN2O3. The van der Waals surface area contributed by atoms with Crippen LogP contribution in [-0.2, 0) is 4.79 Å². The van der Waals surface area contributed by atoms with Crippen molar-refractivity contribution >= 4 is 40.5 Å². The third-order valence-electron chi connectivity index (χ3n) is 3.97. The number of furan rings is 1. The van der Waals surface area contributed by atoms with Crippen molar-refractivity contribution in [1.29, 1.82) is 0 Å². The number of carbonyl (C=O) groups excluding carboxylic acids is 2. The maximum absolute atomic E-state index is 12.2. The van der Waals surface area contributed by atoms with Crippen molar-refractivity contribution in [3.05, 3.63) is 76.0 Å². The van der Waals surface area contributed by atoms with E-state index >= 15 is 0 Å². The summed E-state index contributed by atoms with van der Waals surface area (Å²) >= 11 is 6.05. The van der Waals surface area contributed by atoms with Crippen molar-refractivity contribution in [2.45, 2.75) is 13.8 Å². The zero-order valence-electron chi connectivity index (χ0n) is 14.3. The van der Waals surface area contributed by atoms with E-state index in [-0.39, 0.29) is 5.76 Å². The Morgan fingerprint density at radius 2 is 1.85 bits per heavy atom. The van der Waals surface area contributed by atoms with E-state index in [0.717, 1.165) is 22.1 Å². The van der Waals surface area contributed by atoms with E-state index in [1.165, 1.54) is 6.08 Å². The number of nitrogens with one attached hydrogen (secondary N) is 2. The number of carbonyl (C=O) groups is 2. The summed E-state index contributed by atoms with van der Waals surface area (Å²) in [5.74, 6) is -0.816. The highest BCUT2D eigenvalue weighted by molar-refractivity contribution is 6.31. The van der Waals surface area contributed by atoms with Crippen molar-refractivity contribution in [1.82, 2.24) is 10.9 Å². The van der Waals surface area contributed by atoms with Gasteiger partial charge < -0.3 is 4.42 Å². The summed E-state index contributed by atoms with van der Waals surface area (Å²) in [6.07, 6.45) is 2.92. The molecule has 0 fully saturated rings. The maximum Gasteiger partial charge on any atom is 0.305 e. The van der Waals surface area contributed by atoms with Crippen LogP contribution in [0.15, 0.2) is 53.0 Å². The number of aryl methyl sites for hydroxylation is 2. The minimum atomic E-state index is -0.515. The van der Waals surface area contributed by atoms with Crippen LogP contribution in [0.1, 0.15) is 27.2 Å². The fraction of sp³-hybridized carbons (Fsp3) is 0.100. The maximum atomic E-state index is 12.2. The van der Waals surface area contributed by atoms with E-state index < -0.39 is 11.8 Å². The molecule has 3 rings (SSSR count). The summed E-state index contributed by atoms with van der Waals surface area (Å²) < 4.78 is 5.55. The van der Waals surface area contributed by atoms with Gasteiger partial charge in [0.1, 0.15) is 5.58 Å². The predicted molar refractivity (Wildman–Crippen MR) is 102 cm³/mol. The fourth-order valence-electron chi connectivity index (χ4n) is 2.49. The molecule has 0 aliphatic heterocycles. The van der Waals surface area contributed by atoms with Gasteiger partial charge in [-0.25, -0.2) is 0 Å². The van der Waals surface area contributed by atoms with Crippen molar-refractivity contribution < 1.29 is 14.0 Å². The molecule has 0 atom stereocenters. The number of hydrogen-bond donors (Lipinski definition) is 2. The van der Waals surface area contributed by atoms with Crippen molar-refractivity contribution in [3.8, 4) is 0 Å². The Hall–Kier alpha value is -3.05. The van der Waals surface area contributed by atoms with Gasteiger partial charge in [0.05, 0.1) is 0 Å². The summed E-state index contributed by atoms with van der Waals surface area (Å²) in [5.41, 5.74) is 7.77. The van der Waals surface area contributed by atoms with Gasteiger partial charge in [-0.3, -0.25) is 20.4 Å². The number of para-hydroxylation sites is 1. The highest BCUT2D eigenvalue weighted by Gasteiger charge is 2.17. The standard InChI is InChI=1S/C20H17ClN2O3/c1-12-7-8-14(11-16(12)21)9-10-18(24)22-23-20(25)19-13(2)15-5-3-4-6-17(15)26-19/h3-11H,1-2H3,(H,22,24)(H,23,25)/b10-9+. The van der Waals surface area contributed by atoms with E-state index in [9.17, 15) is 9.59 Å². The van der Waals surface area contributed by atoms with Crippen LogP contribution in [0.4, 0.5) is 0 Å². The summed E-state index contributed by atoms with van der Waals surface area (Å²) in [4.78, 5) is 24.1. The van der Waals surface area contributed by atoms with Gasteiger partial charge in [0, 0.05) is 22.0 Å². The molecule has 2 N–H and O–H groups in total. The Morgan fingerprint density at radius 1 is 1.08 bits per heavy atom. The van der Waals surface area contributed by atoms with Crippen molar-refractivity contribution in [2.24, 2.45) is 0 Å². The molecule has 0 radical (unpaired) electrons. The molecule has 26 heavy (non-hydrogen) atoms. The molecule has 3 aromatic rings. The smallest absolute Gasteiger partial charge is 0.305 e. The molecule has 0 saturated carbocycles. The molecule has 1 heterocycles. The molecule has 0 aliphatic carbocycles. The highest BCUT2D eigenvalue weighted by atomic mass is 35.5. The molecule has 0 saturated heterocycles. The Morgan fingerprint density at radius 3 is 2.58 bits per heavy atom. The van der Waals surface area contributed by atoms with Crippen LogP contribution in [0.5, 0.6) is 0 Å². The minimum absolute atomic E-state index is 0.167. The van der Waals surface area contributed by atoms with Gasteiger partial charge in [0.25, 0.3) is 5.91 Å². The van der Waals surface area contributed by atoms with E-state index in [4.69, 9.17) is 16.0 Å². The topological polar surface area (TPSA) is 71.3 Å². The van der Waals surface area contributed by atoms with Gasteiger partial charge in [-0.05, 0) is 43.2 Å². The quantitative estimate of drug-likeness (QED) is 0.538. The monoisotopic (exact) mass is 368 g/mol. The van der Waals surface area contributed by atoms with Crippen LogP contribution in [0.25, 0.3) is 17.0 Å². The molecule has 2 amide bonds. The first-order chi connectivity index (χ1) is 12.5. The first-order valence-electron chi connectivity index (χ1n) is 7.98. The largest absolute Gasteiger partial charge is 0.451 e. The second-order valence-electron chi connectivity index (χ2n) is 5.84.